The molecule has 1 heterocycles. The maximum atomic E-state index is 12.4. The van der Waals surface area contributed by atoms with Crippen LogP contribution in [0.25, 0.3) is 0 Å². The summed E-state index contributed by atoms with van der Waals surface area (Å²) in [7, 11) is 1.63. The summed E-state index contributed by atoms with van der Waals surface area (Å²) in [6.45, 7) is 3.97. The average molecular weight is 396 g/mol. The molecule has 2 aromatic carbocycles. The number of rotatable bonds is 6. The molecule has 2 amide bonds. The number of nitrogens with one attached hydrogen (secondary N) is 2. The van der Waals surface area contributed by atoms with Crippen LogP contribution in [0.3, 0.4) is 0 Å². The van der Waals surface area contributed by atoms with E-state index in [0.29, 0.717) is 26.3 Å². The quantitative estimate of drug-likeness (QED) is 0.736. The van der Waals surface area contributed by atoms with Gasteiger partial charge in [0.05, 0.1) is 7.11 Å². The van der Waals surface area contributed by atoms with E-state index in [4.69, 9.17) is 9.47 Å². The lowest BCUT2D eigenvalue weighted by atomic mass is 9.74. The van der Waals surface area contributed by atoms with Gasteiger partial charge in [0.25, 0.3) is 0 Å². The smallest absolute Gasteiger partial charge is 0.309 e. The van der Waals surface area contributed by atoms with E-state index in [1.54, 1.807) is 7.11 Å². The second-order valence-corrected chi connectivity index (χ2v) is 7.47. The minimum atomic E-state index is -0.623. The number of aryl methyl sites for hydroxylation is 1. The number of ether oxygens (including phenoxy) is 2. The summed E-state index contributed by atoms with van der Waals surface area (Å²) in [5, 5.41) is 5.51. The van der Waals surface area contributed by atoms with Gasteiger partial charge in [-0.1, -0.05) is 42.0 Å². The number of benzene rings is 2. The largest absolute Gasteiger partial charge is 0.497 e. The van der Waals surface area contributed by atoms with Crippen LogP contribution in [0.15, 0.2) is 48.5 Å². The highest BCUT2D eigenvalue weighted by Crippen LogP contribution is 2.35. The predicted molar refractivity (Wildman–Crippen MR) is 111 cm³/mol. The van der Waals surface area contributed by atoms with Gasteiger partial charge in [-0.3, -0.25) is 9.59 Å². The van der Waals surface area contributed by atoms with Crippen LogP contribution in [0.4, 0.5) is 0 Å². The first-order chi connectivity index (χ1) is 14.0. The van der Waals surface area contributed by atoms with Crippen molar-refractivity contribution in [3.05, 3.63) is 65.2 Å². The summed E-state index contributed by atoms with van der Waals surface area (Å²) in [4.78, 5) is 24.6. The van der Waals surface area contributed by atoms with Gasteiger partial charge in [0.2, 0.25) is 0 Å². The second-order valence-electron chi connectivity index (χ2n) is 7.47. The van der Waals surface area contributed by atoms with Crippen molar-refractivity contribution in [3.8, 4) is 5.75 Å². The van der Waals surface area contributed by atoms with Gasteiger partial charge < -0.3 is 20.1 Å². The molecule has 2 aromatic rings. The van der Waals surface area contributed by atoms with E-state index in [-0.39, 0.29) is 5.41 Å². The van der Waals surface area contributed by atoms with Gasteiger partial charge in [0.1, 0.15) is 5.75 Å². The number of carbonyl (C=O) groups is 2. The molecular weight excluding hydrogens is 368 g/mol. The summed E-state index contributed by atoms with van der Waals surface area (Å²) < 4.78 is 10.8. The fourth-order valence-electron chi connectivity index (χ4n) is 3.57. The lowest BCUT2D eigenvalue weighted by molar-refractivity contribution is -0.139. The lowest BCUT2D eigenvalue weighted by Gasteiger charge is -2.38. The third-order valence-electron chi connectivity index (χ3n) is 5.52. The zero-order chi connectivity index (χ0) is 20.7. The molecule has 0 bridgehead atoms. The van der Waals surface area contributed by atoms with Crippen molar-refractivity contribution in [1.29, 1.82) is 0 Å². The number of carbonyl (C=O) groups excluding carboxylic acids is 2. The maximum absolute atomic E-state index is 12.4. The van der Waals surface area contributed by atoms with Crippen LogP contribution >= 0.6 is 0 Å². The molecule has 0 radical (unpaired) electrons. The van der Waals surface area contributed by atoms with Gasteiger partial charge in [0.15, 0.2) is 0 Å². The SMILES string of the molecule is COc1ccc(C2(CNC(=O)C(=O)NCc3ccc(C)cc3)CCOCC2)cc1. The van der Waals surface area contributed by atoms with Crippen LogP contribution in [-0.4, -0.2) is 38.7 Å². The predicted octanol–water partition coefficient (Wildman–Crippen LogP) is 2.48. The topological polar surface area (TPSA) is 76.7 Å². The highest BCUT2D eigenvalue weighted by Gasteiger charge is 2.35. The van der Waals surface area contributed by atoms with Gasteiger partial charge in [-0.05, 0) is 43.0 Å². The van der Waals surface area contributed by atoms with E-state index in [1.165, 1.54) is 0 Å². The first-order valence-electron chi connectivity index (χ1n) is 9.86. The molecule has 3 rings (SSSR count). The molecule has 1 aliphatic heterocycles. The Bertz CT molecular complexity index is 825. The summed E-state index contributed by atoms with van der Waals surface area (Å²) in [6.07, 6.45) is 1.56. The van der Waals surface area contributed by atoms with Crippen LogP contribution in [0.1, 0.15) is 29.5 Å². The molecule has 6 nitrogen and oxygen atoms in total. The molecule has 0 saturated carbocycles. The van der Waals surface area contributed by atoms with E-state index in [9.17, 15) is 9.59 Å². The summed E-state index contributed by atoms with van der Waals surface area (Å²) in [5.74, 6) is -0.450. The zero-order valence-electron chi connectivity index (χ0n) is 17.0. The Morgan fingerprint density at radius 3 is 2.21 bits per heavy atom. The van der Waals surface area contributed by atoms with E-state index in [0.717, 1.165) is 35.3 Å². The third-order valence-corrected chi connectivity index (χ3v) is 5.52. The van der Waals surface area contributed by atoms with E-state index >= 15 is 0 Å². The zero-order valence-corrected chi connectivity index (χ0v) is 17.0. The molecule has 1 saturated heterocycles. The second kappa shape index (κ2) is 9.56. The molecule has 29 heavy (non-hydrogen) atoms. The number of hydrogen-bond acceptors (Lipinski definition) is 4. The number of hydrogen-bond donors (Lipinski definition) is 2. The molecule has 0 aromatic heterocycles. The van der Waals surface area contributed by atoms with Gasteiger partial charge >= 0.3 is 11.8 Å². The highest BCUT2D eigenvalue weighted by molar-refractivity contribution is 6.35. The summed E-state index contributed by atoms with van der Waals surface area (Å²) in [5.41, 5.74) is 2.97. The molecule has 6 heteroatoms. The molecule has 1 fully saturated rings. The number of amides is 2. The lowest BCUT2D eigenvalue weighted by Crippen LogP contribution is -2.48. The first kappa shape index (κ1) is 20.9. The van der Waals surface area contributed by atoms with Crippen LogP contribution in [0.2, 0.25) is 0 Å². The molecule has 154 valence electrons. The Kier molecular flexibility index (Phi) is 6.88. The van der Waals surface area contributed by atoms with Gasteiger partial charge in [-0.25, -0.2) is 0 Å². The van der Waals surface area contributed by atoms with E-state index in [2.05, 4.69) is 10.6 Å². The van der Waals surface area contributed by atoms with Gasteiger partial charge in [0, 0.05) is 31.7 Å². The van der Waals surface area contributed by atoms with E-state index < -0.39 is 11.8 Å². The monoisotopic (exact) mass is 396 g/mol. The van der Waals surface area contributed by atoms with Crippen LogP contribution in [0, 0.1) is 6.92 Å². The van der Waals surface area contributed by atoms with Crippen LogP contribution < -0.4 is 15.4 Å². The Labute approximate surface area is 171 Å². The van der Waals surface area contributed by atoms with Gasteiger partial charge in [-0.15, -0.1) is 0 Å². The van der Waals surface area contributed by atoms with Gasteiger partial charge in [-0.2, -0.15) is 0 Å². The Morgan fingerprint density at radius 1 is 0.966 bits per heavy atom. The number of methoxy groups -OCH3 is 1. The van der Waals surface area contributed by atoms with Crippen molar-refractivity contribution < 1.29 is 19.1 Å². The van der Waals surface area contributed by atoms with Crippen molar-refractivity contribution >= 4 is 11.8 Å². The molecule has 0 spiro atoms. The van der Waals surface area contributed by atoms with Crippen molar-refractivity contribution in [1.82, 2.24) is 10.6 Å². The Balaban J connectivity index is 1.60. The normalized spacial score (nSPS) is 15.4. The van der Waals surface area contributed by atoms with Crippen molar-refractivity contribution in [2.45, 2.75) is 31.7 Å². The maximum Gasteiger partial charge on any atom is 0.309 e. The Hall–Kier alpha value is -2.86. The van der Waals surface area contributed by atoms with Crippen LogP contribution in [0.5, 0.6) is 5.75 Å². The van der Waals surface area contributed by atoms with Crippen molar-refractivity contribution in [2.24, 2.45) is 0 Å². The minimum Gasteiger partial charge on any atom is -0.497 e. The Morgan fingerprint density at radius 2 is 1.59 bits per heavy atom. The fraction of sp³-hybridized carbons (Fsp3) is 0.391. The molecule has 0 unspecified atom stereocenters. The average Bonchev–Trinajstić information content (AvgIpc) is 2.77. The molecule has 0 atom stereocenters. The molecule has 1 aliphatic rings. The van der Waals surface area contributed by atoms with E-state index in [1.807, 2.05) is 55.5 Å². The standard InChI is InChI=1S/C23H28N2O4/c1-17-3-5-18(6-4-17)15-24-21(26)22(27)25-16-23(11-13-29-14-12-23)19-7-9-20(28-2)10-8-19/h3-10H,11-16H2,1-2H3,(H,24,26)(H,25,27). The molecule has 2 N–H and O–H groups in total. The minimum absolute atomic E-state index is 0.253. The van der Waals surface area contributed by atoms with Crippen molar-refractivity contribution in [2.75, 3.05) is 26.9 Å². The van der Waals surface area contributed by atoms with Crippen LogP contribution in [-0.2, 0) is 26.3 Å². The summed E-state index contributed by atoms with van der Waals surface area (Å²) >= 11 is 0. The summed E-state index contributed by atoms with van der Waals surface area (Å²) in [6, 6.07) is 15.7. The highest BCUT2D eigenvalue weighted by atomic mass is 16.5. The third kappa shape index (κ3) is 5.35. The van der Waals surface area contributed by atoms with Crippen molar-refractivity contribution in [3.63, 3.8) is 0 Å². The fourth-order valence-corrected chi connectivity index (χ4v) is 3.57. The first-order valence-corrected chi connectivity index (χ1v) is 9.86. The molecule has 0 aliphatic carbocycles. The molecular formula is C23H28N2O4.